The minimum atomic E-state index is -0.286. The summed E-state index contributed by atoms with van der Waals surface area (Å²) >= 11 is 0. The summed E-state index contributed by atoms with van der Waals surface area (Å²) < 4.78 is 0. The molecule has 1 aromatic rings. The van der Waals surface area contributed by atoms with Crippen molar-refractivity contribution in [3.05, 3.63) is 42.0 Å². The molecule has 13 heavy (non-hydrogen) atoms. The molecule has 0 radical (unpaired) electrons. The summed E-state index contributed by atoms with van der Waals surface area (Å²) in [6.07, 6.45) is 1.60. The maximum absolute atomic E-state index is 9.47. The van der Waals surface area contributed by atoms with Crippen molar-refractivity contribution in [2.75, 3.05) is 0 Å². The van der Waals surface area contributed by atoms with Crippen molar-refractivity contribution in [2.45, 2.75) is 13.0 Å². The molecule has 0 spiro atoms. The van der Waals surface area contributed by atoms with E-state index in [-0.39, 0.29) is 24.2 Å². The lowest BCUT2D eigenvalue weighted by Crippen LogP contribution is -2.06. The standard InChI is InChI=1S/C10H13NO.ClH/c1-3-9(11)8-5-4-7(2)6-10(8)12;/h3-6,9,12H,1,11H2,2H3;1H/t9-;/m1./s1. The van der Waals surface area contributed by atoms with E-state index < -0.39 is 0 Å². The molecule has 3 N–H and O–H groups in total. The van der Waals surface area contributed by atoms with E-state index in [0.29, 0.717) is 0 Å². The van der Waals surface area contributed by atoms with E-state index in [1.54, 1.807) is 12.1 Å². The predicted molar refractivity (Wildman–Crippen MR) is 57.2 cm³/mol. The molecule has 0 aliphatic carbocycles. The van der Waals surface area contributed by atoms with Crippen molar-refractivity contribution in [2.24, 2.45) is 5.73 Å². The summed E-state index contributed by atoms with van der Waals surface area (Å²) in [6.45, 7) is 5.48. The first kappa shape index (κ1) is 12.0. The Balaban J connectivity index is 0.00000144. The fraction of sp³-hybridized carbons (Fsp3) is 0.200. The Morgan fingerprint density at radius 3 is 2.62 bits per heavy atom. The van der Waals surface area contributed by atoms with Gasteiger partial charge >= 0.3 is 0 Å². The quantitative estimate of drug-likeness (QED) is 0.719. The van der Waals surface area contributed by atoms with Gasteiger partial charge in [-0.15, -0.1) is 19.0 Å². The topological polar surface area (TPSA) is 46.2 Å². The van der Waals surface area contributed by atoms with E-state index in [2.05, 4.69) is 6.58 Å². The molecule has 0 aromatic heterocycles. The molecule has 0 amide bonds. The van der Waals surface area contributed by atoms with Crippen LogP contribution in [-0.4, -0.2) is 5.11 Å². The Morgan fingerprint density at radius 1 is 1.54 bits per heavy atom. The van der Waals surface area contributed by atoms with Crippen LogP contribution in [0.3, 0.4) is 0 Å². The van der Waals surface area contributed by atoms with Crippen molar-refractivity contribution in [3.8, 4) is 5.75 Å². The summed E-state index contributed by atoms with van der Waals surface area (Å²) in [7, 11) is 0. The summed E-state index contributed by atoms with van der Waals surface area (Å²) in [6, 6.07) is 5.14. The summed E-state index contributed by atoms with van der Waals surface area (Å²) in [5.74, 6) is 0.238. The molecule has 2 nitrogen and oxygen atoms in total. The lowest BCUT2D eigenvalue weighted by atomic mass is 10.0. The highest BCUT2D eigenvalue weighted by atomic mass is 35.5. The van der Waals surface area contributed by atoms with E-state index in [0.717, 1.165) is 11.1 Å². The van der Waals surface area contributed by atoms with Crippen LogP contribution < -0.4 is 5.73 Å². The summed E-state index contributed by atoms with van der Waals surface area (Å²) in [5.41, 5.74) is 7.41. The third-order valence-corrected chi connectivity index (χ3v) is 1.80. The lowest BCUT2D eigenvalue weighted by molar-refractivity contribution is 0.465. The Bertz CT molecular complexity index is 299. The van der Waals surface area contributed by atoms with E-state index >= 15 is 0 Å². The van der Waals surface area contributed by atoms with Crippen LogP contribution in [0.25, 0.3) is 0 Å². The van der Waals surface area contributed by atoms with Gasteiger partial charge in [0.25, 0.3) is 0 Å². The van der Waals surface area contributed by atoms with Crippen molar-refractivity contribution in [1.29, 1.82) is 0 Å². The minimum absolute atomic E-state index is 0. The third kappa shape index (κ3) is 2.76. The van der Waals surface area contributed by atoms with Crippen molar-refractivity contribution < 1.29 is 5.11 Å². The number of phenolic OH excluding ortho intramolecular Hbond substituents is 1. The Morgan fingerprint density at radius 2 is 2.15 bits per heavy atom. The zero-order chi connectivity index (χ0) is 9.14. The maximum atomic E-state index is 9.47. The third-order valence-electron chi connectivity index (χ3n) is 1.80. The van der Waals surface area contributed by atoms with Crippen molar-refractivity contribution >= 4 is 12.4 Å². The Labute approximate surface area is 84.5 Å². The van der Waals surface area contributed by atoms with Gasteiger partial charge in [-0.05, 0) is 18.6 Å². The molecule has 72 valence electrons. The number of nitrogens with two attached hydrogens (primary N) is 1. The van der Waals surface area contributed by atoms with E-state index in [1.165, 1.54) is 0 Å². The molecule has 0 saturated heterocycles. The van der Waals surface area contributed by atoms with Crippen LogP contribution in [0.4, 0.5) is 0 Å². The molecule has 0 unspecified atom stereocenters. The molecule has 1 atom stereocenters. The highest BCUT2D eigenvalue weighted by molar-refractivity contribution is 5.85. The van der Waals surface area contributed by atoms with Gasteiger partial charge in [-0.1, -0.05) is 18.2 Å². The van der Waals surface area contributed by atoms with Crippen LogP contribution in [-0.2, 0) is 0 Å². The van der Waals surface area contributed by atoms with Gasteiger partial charge in [0.2, 0.25) is 0 Å². The number of hydrogen-bond donors (Lipinski definition) is 2. The number of aromatic hydroxyl groups is 1. The molecule has 0 bridgehead atoms. The zero-order valence-electron chi connectivity index (χ0n) is 7.53. The van der Waals surface area contributed by atoms with Crippen LogP contribution in [0.5, 0.6) is 5.75 Å². The van der Waals surface area contributed by atoms with E-state index in [4.69, 9.17) is 5.73 Å². The zero-order valence-corrected chi connectivity index (χ0v) is 8.34. The van der Waals surface area contributed by atoms with Gasteiger partial charge in [0.05, 0.1) is 6.04 Å². The second-order valence-corrected chi connectivity index (χ2v) is 2.82. The van der Waals surface area contributed by atoms with Crippen LogP contribution in [0.15, 0.2) is 30.9 Å². The predicted octanol–water partition coefficient (Wildman–Crippen LogP) is 2.31. The summed E-state index contributed by atoms with van der Waals surface area (Å²) in [5, 5.41) is 9.47. The van der Waals surface area contributed by atoms with Crippen LogP contribution in [0.2, 0.25) is 0 Å². The summed E-state index contributed by atoms with van der Waals surface area (Å²) in [4.78, 5) is 0. The van der Waals surface area contributed by atoms with Crippen LogP contribution in [0.1, 0.15) is 17.2 Å². The molecule has 3 heteroatoms. The molecule has 0 heterocycles. The SMILES string of the molecule is C=C[C@@H](N)c1ccc(C)cc1O.Cl. The average Bonchev–Trinajstić information content (AvgIpc) is 2.03. The fourth-order valence-corrected chi connectivity index (χ4v) is 1.06. The van der Waals surface area contributed by atoms with Gasteiger partial charge < -0.3 is 10.8 Å². The number of hydrogen-bond acceptors (Lipinski definition) is 2. The molecule has 0 aliphatic heterocycles. The molecule has 0 saturated carbocycles. The first-order valence-corrected chi connectivity index (χ1v) is 3.83. The maximum Gasteiger partial charge on any atom is 0.120 e. The normalized spacial score (nSPS) is 11.5. The fourth-order valence-electron chi connectivity index (χ4n) is 1.06. The number of halogens is 1. The molecule has 1 aromatic carbocycles. The number of benzene rings is 1. The van der Waals surface area contributed by atoms with Gasteiger partial charge in [0.15, 0.2) is 0 Å². The first-order valence-electron chi connectivity index (χ1n) is 3.83. The van der Waals surface area contributed by atoms with Crippen LogP contribution >= 0.6 is 12.4 Å². The van der Waals surface area contributed by atoms with Gasteiger partial charge in [-0.2, -0.15) is 0 Å². The van der Waals surface area contributed by atoms with Gasteiger partial charge in [0.1, 0.15) is 5.75 Å². The van der Waals surface area contributed by atoms with E-state index in [1.807, 2.05) is 19.1 Å². The Hall–Kier alpha value is -0.990. The smallest absolute Gasteiger partial charge is 0.120 e. The molecule has 0 aliphatic rings. The number of phenols is 1. The Kier molecular flexibility index (Phi) is 4.52. The minimum Gasteiger partial charge on any atom is -0.508 e. The number of aryl methyl sites for hydroxylation is 1. The van der Waals surface area contributed by atoms with Crippen molar-refractivity contribution in [3.63, 3.8) is 0 Å². The van der Waals surface area contributed by atoms with Crippen molar-refractivity contribution in [1.82, 2.24) is 0 Å². The number of rotatable bonds is 2. The first-order chi connectivity index (χ1) is 5.65. The van der Waals surface area contributed by atoms with Gasteiger partial charge in [0, 0.05) is 5.56 Å². The lowest BCUT2D eigenvalue weighted by Gasteiger charge is -2.08. The molecular formula is C10H14ClNO. The molecular weight excluding hydrogens is 186 g/mol. The second-order valence-electron chi connectivity index (χ2n) is 2.82. The highest BCUT2D eigenvalue weighted by Crippen LogP contribution is 2.23. The average molecular weight is 200 g/mol. The molecule has 1 rings (SSSR count). The van der Waals surface area contributed by atoms with Gasteiger partial charge in [-0.25, -0.2) is 0 Å². The van der Waals surface area contributed by atoms with E-state index in [9.17, 15) is 5.11 Å². The highest BCUT2D eigenvalue weighted by Gasteiger charge is 2.06. The largest absolute Gasteiger partial charge is 0.508 e. The molecule has 0 fully saturated rings. The van der Waals surface area contributed by atoms with Crippen LogP contribution in [0, 0.1) is 6.92 Å². The second kappa shape index (κ2) is 4.90. The van der Waals surface area contributed by atoms with Gasteiger partial charge in [-0.3, -0.25) is 0 Å². The monoisotopic (exact) mass is 199 g/mol.